The molecule has 2 aliphatic heterocycles. The largest absolute Gasteiger partial charge is 0.377 e. The van der Waals surface area contributed by atoms with Gasteiger partial charge in [0.25, 0.3) is 5.91 Å². The molecule has 4 heteroatoms. The van der Waals surface area contributed by atoms with E-state index in [9.17, 15) is 4.79 Å². The predicted molar refractivity (Wildman–Crippen MR) is 81.3 cm³/mol. The minimum absolute atomic E-state index is 0.193. The van der Waals surface area contributed by atoms with Crippen molar-refractivity contribution in [3.05, 3.63) is 29.8 Å². The molecule has 1 atom stereocenters. The van der Waals surface area contributed by atoms with E-state index in [-0.39, 0.29) is 5.91 Å². The molecule has 2 fully saturated rings. The number of rotatable bonds is 4. The average molecular weight is 291 g/mol. The number of ether oxygens (including phenoxy) is 1. The van der Waals surface area contributed by atoms with Gasteiger partial charge in [0, 0.05) is 30.3 Å². The number of hydrogen-bond donors (Lipinski definition) is 0. The minimum Gasteiger partial charge on any atom is -0.377 e. The first kappa shape index (κ1) is 14.0. The first-order valence-electron chi connectivity index (χ1n) is 7.47. The second-order valence-corrected chi connectivity index (χ2v) is 6.50. The molecule has 2 heterocycles. The first-order valence-corrected chi connectivity index (χ1v) is 8.46. The van der Waals surface area contributed by atoms with Gasteiger partial charge in [0.05, 0.1) is 11.7 Å². The third kappa shape index (κ3) is 3.18. The van der Waals surface area contributed by atoms with Crippen LogP contribution < -0.4 is 0 Å². The van der Waals surface area contributed by atoms with Crippen LogP contribution in [-0.2, 0) is 4.74 Å². The molecule has 1 unspecified atom stereocenters. The quantitative estimate of drug-likeness (QED) is 0.798. The first-order chi connectivity index (χ1) is 9.84. The van der Waals surface area contributed by atoms with Gasteiger partial charge in [-0.3, -0.25) is 4.79 Å². The number of nitrogens with zero attached hydrogens (tertiary/aromatic N) is 1. The second-order valence-electron chi connectivity index (χ2n) is 5.44. The van der Waals surface area contributed by atoms with Crippen molar-refractivity contribution in [2.75, 3.05) is 25.4 Å². The van der Waals surface area contributed by atoms with E-state index in [4.69, 9.17) is 4.74 Å². The molecule has 0 N–H and O–H groups in total. The van der Waals surface area contributed by atoms with Gasteiger partial charge < -0.3 is 9.64 Å². The number of thioether (sulfide) groups is 1. The lowest BCUT2D eigenvalue weighted by Gasteiger charge is -2.18. The normalized spacial score (nSPS) is 22.4. The summed E-state index contributed by atoms with van der Waals surface area (Å²) in [5, 5.41) is 0. The summed E-state index contributed by atoms with van der Waals surface area (Å²) in [6, 6.07) is 7.99. The van der Waals surface area contributed by atoms with Crippen LogP contribution in [0.2, 0.25) is 0 Å². The molecule has 3 nitrogen and oxygen atoms in total. The van der Waals surface area contributed by atoms with Crippen LogP contribution in [0.25, 0.3) is 0 Å². The van der Waals surface area contributed by atoms with Gasteiger partial charge in [0.15, 0.2) is 0 Å². The molecule has 0 radical (unpaired) electrons. The summed E-state index contributed by atoms with van der Waals surface area (Å²) < 4.78 is 5.66. The van der Waals surface area contributed by atoms with E-state index in [1.165, 1.54) is 6.42 Å². The molecule has 1 aromatic rings. The van der Waals surface area contributed by atoms with E-state index in [2.05, 4.69) is 6.07 Å². The Morgan fingerprint density at radius 2 is 2.05 bits per heavy atom. The fraction of sp³-hybridized carbons (Fsp3) is 0.562. The van der Waals surface area contributed by atoms with E-state index in [0.29, 0.717) is 6.10 Å². The molecule has 20 heavy (non-hydrogen) atoms. The van der Waals surface area contributed by atoms with Crippen molar-refractivity contribution in [1.82, 2.24) is 4.90 Å². The van der Waals surface area contributed by atoms with Gasteiger partial charge in [0.2, 0.25) is 0 Å². The maximum absolute atomic E-state index is 12.5. The summed E-state index contributed by atoms with van der Waals surface area (Å²) in [5.41, 5.74) is 0.859. The summed E-state index contributed by atoms with van der Waals surface area (Å²) in [6.45, 7) is 2.70. The standard InChI is InChI=1S/C16H21NO2S/c18-16(17-9-3-4-10-17)14-7-1-2-8-15(14)20-12-13-6-5-11-19-13/h1-2,7-8,13H,3-6,9-12H2. The van der Waals surface area contributed by atoms with Crippen LogP contribution in [0, 0.1) is 0 Å². The summed E-state index contributed by atoms with van der Waals surface area (Å²) in [6.07, 6.45) is 4.94. The number of hydrogen-bond acceptors (Lipinski definition) is 3. The molecule has 0 spiro atoms. The van der Waals surface area contributed by atoms with Gasteiger partial charge in [0.1, 0.15) is 0 Å². The SMILES string of the molecule is O=C(c1ccccc1SCC1CCCO1)N1CCCC1. The summed E-state index contributed by atoms with van der Waals surface area (Å²) in [7, 11) is 0. The second kappa shape index (κ2) is 6.64. The van der Waals surface area contributed by atoms with Gasteiger partial charge in [-0.05, 0) is 37.8 Å². The Kier molecular flexibility index (Phi) is 4.63. The Hall–Kier alpha value is -1.00. The Morgan fingerprint density at radius 3 is 2.80 bits per heavy atom. The van der Waals surface area contributed by atoms with Crippen LogP contribution in [0.3, 0.4) is 0 Å². The van der Waals surface area contributed by atoms with Crippen molar-refractivity contribution in [3.8, 4) is 0 Å². The lowest BCUT2D eigenvalue weighted by Crippen LogP contribution is -2.28. The van der Waals surface area contributed by atoms with Gasteiger partial charge in [-0.2, -0.15) is 0 Å². The summed E-state index contributed by atoms with van der Waals surface area (Å²) in [4.78, 5) is 15.6. The highest BCUT2D eigenvalue weighted by Gasteiger charge is 2.22. The molecule has 0 aromatic heterocycles. The molecular formula is C16H21NO2S. The monoisotopic (exact) mass is 291 g/mol. The molecule has 3 rings (SSSR count). The van der Waals surface area contributed by atoms with Gasteiger partial charge in [-0.25, -0.2) is 0 Å². The molecule has 0 saturated carbocycles. The van der Waals surface area contributed by atoms with E-state index in [1.807, 2.05) is 23.1 Å². The van der Waals surface area contributed by atoms with Gasteiger partial charge >= 0.3 is 0 Å². The highest BCUT2D eigenvalue weighted by Crippen LogP contribution is 2.28. The van der Waals surface area contributed by atoms with Crippen LogP contribution in [0.1, 0.15) is 36.0 Å². The molecule has 108 valence electrons. The lowest BCUT2D eigenvalue weighted by molar-refractivity contribution is 0.0789. The third-order valence-electron chi connectivity index (χ3n) is 3.96. The molecule has 2 saturated heterocycles. The number of carbonyl (C=O) groups excluding carboxylic acids is 1. The molecule has 0 bridgehead atoms. The highest BCUT2D eigenvalue weighted by molar-refractivity contribution is 7.99. The van der Waals surface area contributed by atoms with Crippen molar-refractivity contribution in [1.29, 1.82) is 0 Å². The van der Waals surface area contributed by atoms with Crippen molar-refractivity contribution in [3.63, 3.8) is 0 Å². The van der Waals surface area contributed by atoms with Crippen LogP contribution in [0.15, 0.2) is 29.2 Å². The van der Waals surface area contributed by atoms with E-state index < -0.39 is 0 Å². The Labute approximate surface area is 124 Å². The molecular weight excluding hydrogens is 270 g/mol. The lowest BCUT2D eigenvalue weighted by atomic mass is 10.2. The summed E-state index contributed by atoms with van der Waals surface area (Å²) in [5.74, 6) is 1.14. The molecule has 1 amide bonds. The molecule has 1 aromatic carbocycles. The molecule has 2 aliphatic rings. The Morgan fingerprint density at radius 1 is 1.25 bits per heavy atom. The summed E-state index contributed by atoms with van der Waals surface area (Å²) >= 11 is 1.76. The third-order valence-corrected chi connectivity index (χ3v) is 5.16. The van der Waals surface area contributed by atoms with Crippen LogP contribution >= 0.6 is 11.8 Å². The fourth-order valence-corrected chi connectivity index (χ4v) is 3.93. The number of amides is 1. The van der Waals surface area contributed by atoms with Crippen molar-refractivity contribution >= 4 is 17.7 Å². The van der Waals surface area contributed by atoms with E-state index >= 15 is 0 Å². The minimum atomic E-state index is 0.193. The van der Waals surface area contributed by atoms with E-state index in [0.717, 1.165) is 55.2 Å². The van der Waals surface area contributed by atoms with E-state index in [1.54, 1.807) is 11.8 Å². The zero-order valence-corrected chi connectivity index (χ0v) is 12.5. The Bertz CT molecular complexity index is 465. The van der Waals surface area contributed by atoms with Crippen LogP contribution in [-0.4, -0.2) is 42.4 Å². The maximum Gasteiger partial charge on any atom is 0.254 e. The number of carbonyl (C=O) groups is 1. The Balaban J connectivity index is 1.68. The molecule has 0 aliphatic carbocycles. The van der Waals surface area contributed by atoms with Crippen LogP contribution in [0.4, 0.5) is 0 Å². The van der Waals surface area contributed by atoms with Gasteiger partial charge in [-0.15, -0.1) is 11.8 Å². The van der Waals surface area contributed by atoms with Gasteiger partial charge in [-0.1, -0.05) is 12.1 Å². The number of likely N-dealkylation sites (tertiary alicyclic amines) is 1. The number of benzene rings is 1. The zero-order valence-electron chi connectivity index (χ0n) is 11.7. The van der Waals surface area contributed by atoms with Crippen molar-refractivity contribution in [2.24, 2.45) is 0 Å². The van der Waals surface area contributed by atoms with Crippen molar-refractivity contribution in [2.45, 2.75) is 36.7 Å². The topological polar surface area (TPSA) is 29.5 Å². The van der Waals surface area contributed by atoms with Crippen molar-refractivity contribution < 1.29 is 9.53 Å². The average Bonchev–Trinajstić information content (AvgIpc) is 3.18. The van der Waals surface area contributed by atoms with Crippen LogP contribution in [0.5, 0.6) is 0 Å². The fourth-order valence-electron chi connectivity index (χ4n) is 2.82. The smallest absolute Gasteiger partial charge is 0.254 e. The zero-order chi connectivity index (χ0) is 13.8. The predicted octanol–water partition coefficient (Wildman–Crippen LogP) is 3.19. The maximum atomic E-state index is 12.5. The highest BCUT2D eigenvalue weighted by atomic mass is 32.2.